The van der Waals surface area contributed by atoms with Crippen LogP contribution in [0.2, 0.25) is 0 Å². The number of amides is 3. The summed E-state index contributed by atoms with van der Waals surface area (Å²) < 4.78 is 34.0. The Hall–Kier alpha value is -3.21. The van der Waals surface area contributed by atoms with Crippen LogP contribution in [-0.4, -0.2) is 51.9 Å². The highest BCUT2D eigenvalue weighted by Gasteiger charge is 2.32. The normalized spacial score (nSPS) is 16.8. The number of esters is 1. The molecule has 2 aliphatic heterocycles. The number of nitrogens with one attached hydrogen (secondary N) is 2. The highest BCUT2D eigenvalue weighted by Crippen LogP contribution is 2.35. The summed E-state index contributed by atoms with van der Waals surface area (Å²) in [6.45, 7) is 3.55. The molecule has 2 heterocycles. The van der Waals surface area contributed by atoms with Crippen LogP contribution >= 0.6 is 0 Å². The third-order valence-corrected chi connectivity index (χ3v) is 5.91. The summed E-state index contributed by atoms with van der Waals surface area (Å²) >= 11 is 0. The van der Waals surface area contributed by atoms with Crippen LogP contribution in [0.25, 0.3) is 0 Å². The van der Waals surface area contributed by atoms with Gasteiger partial charge in [0, 0.05) is 19.5 Å². The van der Waals surface area contributed by atoms with E-state index >= 15 is 0 Å². The van der Waals surface area contributed by atoms with Crippen LogP contribution in [0.15, 0.2) is 40.1 Å². The standard InChI is InChI=1S/C19H22N4O6S/c1-2-9-20-19(26)21-17(24)12-29-18(25)13-7-8-14-15(11-13)30(27,28)22-16-6-4-3-5-10-23(14)16/h2,7-8,11H,1,3-6,9-10,12H2,(H2,20,21,24,26). The van der Waals surface area contributed by atoms with Gasteiger partial charge in [-0.15, -0.1) is 11.0 Å². The maximum Gasteiger partial charge on any atom is 0.338 e. The number of sulfonamides is 1. The first-order valence-corrected chi connectivity index (χ1v) is 10.9. The minimum atomic E-state index is -3.94. The number of carbonyl (C=O) groups is 3. The number of fused-ring (bicyclic) bond motifs is 3. The molecule has 0 saturated carbocycles. The Morgan fingerprint density at radius 1 is 1.23 bits per heavy atom. The summed E-state index contributed by atoms with van der Waals surface area (Å²) in [6.07, 6.45) is 4.80. The number of hydrogen-bond acceptors (Lipinski definition) is 7. The van der Waals surface area contributed by atoms with E-state index < -0.39 is 34.5 Å². The summed E-state index contributed by atoms with van der Waals surface area (Å²) in [7, 11) is -3.94. The molecule has 30 heavy (non-hydrogen) atoms. The van der Waals surface area contributed by atoms with Crippen molar-refractivity contribution in [3.05, 3.63) is 36.4 Å². The van der Waals surface area contributed by atoms with Crippen molar-refractivity contribution in [2.45, 2.75) is 30.6 Å². The van der Waals surface area contributed by atoms with Crippen LogP contribution in [-0.2, 0) is 19.6 Å². The Balaban J connectivity index is 1.71. The van der Waals surface area contributed by atoms with E-state index in [1.165, 1.54) is 18.2 Å². The molecule has 10 nitrogen and oxygen atoms in total. The van der Waals surface area contributed by atoms with Gasteiger partial charge in [0.1, 0.15) is 10.7 Å². The molecule has 0 unspecified atom stereocenters. The second-order valence-corrected chi connectivity index (χ2v) is 8.32. The van der Waals surface area contributed by atoms with Gasteiger partial charge >= 0.3 is 12.0 Å². The zero-order valence-electron chi connectivity index (χ0n) is 16.2. The summed E-state index contributed by atoms with van der Waals surface area (Å²) in [5.41, 5.74) is 0.449. The van der Waals surface area contributed by atoms with E-state index in [0.29, 0.717) is 24.5 Å². The molecule has 2 N–H and O–H groups in total. The van der Waals surface area contributed by atoms with Crippen LogP contribution in [0.1, 0.15) is 36.0 Å². The third-order valence-electron chi connectivity index (χ3n) is 4.58. The topological polar surface area (TPSA) is 134 Å². The van der Waals surface area contributed by atoms with Gasteiger partial charge in [0.05, 0.1) is 11.3 Å². The van der Waals surface area contributed by atoms with Gasteiger partial charge in [0.15, 0.2) is 6.61 Å². The maximum absolute atomic E-state index is 12.6. The summed E-state index contributed by atoms with van der Waals surface area (Å²) in [5, 5.41) is 4.33. The SMILES string of the molecule is C=CCNC(=O)NC(=O)COC(=O)c1ccc2c(c1)S(=O)(=O)N=C1CCCCCN12. The van der Waals surface area contributed by atoms with Crippen molar-refractivity contribution >= 4 is 39.5 Å². The van der Waals surface area contributed by atoms with Crippen LogP contribution in [0, 0.1) is 0 Å². The molecule has 2 aliphatic rings. The number of hydrogen-bond donors (Lipinski definition) is 2. The predicted molar refractivity (Wildman–Crippen MR) is 109 cm³/mol. The van der Waals surface area contributed by atoms with Crippen molar-refractivity contribution in [2.75, 3.05) is 24.6 Å². The second kappa shape index (κ2) is 9.08. The number of imide groups is 1. The van der Waals surface area contributed by atoms with Gasteiger partial charge < -0.3 is 15.0 Å². The van der Waals surface area contributed by atoms with Crippen LogP contribution in [0.4, 0.5) is 10.5 Å². The number of urea groups is 1. The number of ether oxygens (including phenoxy) is 1. The molecule has 1 saturated heterocycles. The molecule has 1 aromatic carbocycles. The van der Waals surface area contributed by atoms with Crippen LogP contribution < -0.4 is 15.5 Å². The number of carbonyl (C=O) groups excluding carboxylic acids is 3. The van der Waals surface area contributed by atoms with Gasteiger partial charge in [-0.05, 0) is 31.0 Å². The average Bonchev–Trinajstić information content (AvgIpc) is 2.95. The molecule has 160 valence electrons. The van der Waals surface area contributed by atoms with E-state index in [9.17, 15) is 22.8 Å². The number of amidine groups is 1. The van der Waals surface area contributed by atoms with E-state index in [4.69, 9.17) is 4.74 Å². The highest BCUT2D eigenvalue weighted by atomic mass is 32.2. The number of rotatable bonds is 5. The highest BCUT2D eigenvalue weighted by molar-refractivity contribution is 7.90. The van der Waals surface area contributed by atoms with Gasteiger partial charge in [0.25, 0.3) is 15.9 Å². The Morgan fingerprint density at radius 2 is 2.03 bits per heavy atom. The van der Waals surface area contributed by atoms with Crippen molar-refractivity contribution in [3.8, 4) is 0 Å². The molecule has 3 rings (SSSR count). The minimum absolute atomic E-state index is 0.0327. The lowest BCUT2D eigenvalue weighted by Gasteiger charge is -2.29. The first-order chi connectivity index (χ1) is 14.3. The predicted octanol–water partition coefficient (Wildman–Crippen LogP) is 1.34. The Kier molecular flexibility index (Phi) is 6.50. The average molecular weight is 434 g/mol. The molecule has 3 amide bonds. The molecule has 0 atom stereocenters. The number of anilines is 1. The molecule has 0 radical (unpaired) electrons. The zero-order valence-corrected chi connectivity index (χ0v) is 17.0. The van der Waals surface area contributed by atoms with Crippen molar-refractivity contribution in [1.82, 2.24) is 10.6 Å². The number of benzene rings is 1. The van der Waals surface area contributed by atoms with Gasteiger partial charge in [-0.2, -0.15) is 8.42 Å². The monoisotopic (exact) mass is 434 g/mol. The Labute approximate surface area is 174 Å². The summed E-state index contributed by atoms with van der Waals surface area (Å²) in [5.74, 6) is -1.20. The molecule has 1 aromatic rings. The molecule has 0 aliphatic carbocycles. The van der Waals surface area contributed by atoms with Crippen molar-refractivity contribution in [2.24, 2.45) is 4.40 Å². The van der Waals surface area contributed by atoms with E-state index in [2.05, 4.69) is 16.3 Å². The summed E-state index contributed by atoms with van der Waals surface area (Å²) in [4.78, 5) is 37.1. The molecular formula is C19H22N4O6S. The van der Waals surface area contributed by atoms with Gasteiger partial charge in [-0.1, -0.05) is 12.5 Å². The number of nitrogens with zero attached hydrogens (tertiary/aromatic N) is 2. The van der Waals surface area contributed by atoms with Gasteiger partial charge in [0.2, 0.25) is 0 Å². The molecule has 0 spiro atoms. The quantitative estimate of drug-likeness (QED) is 0.527. The molecule has 11 heteroatoms. The van der Waals surface area contributed by atoms with Crippen molar-refractivity contribution in [3.63, 3.8) is 0 Å². The fraction of sp³-hybridized carbons (Fsp3) is 0.368. The second-order valence-electron chi connectivity index (χ2n) is 6.75. The Bertz CT molecular complexity index is 1020. The zero-order chi connectivity index (χ0) is 21.7. The first kappa shape index (κ1) is 21.5. The lowest BCUT2D eigenvalue weighted by molar-refractivity contribution is -0.123. The lowest BCUT2D eigenvalue weighted by Crippen LogP contribution is -2.41. The van der Waals surface area contributed by atoms with Gasteiger partial charge in [-0.25, -0.2) is 9.59 Å². The van der Waals surface area contributed by atoms with E-state index in [1.54, 1.807) is 6.07 Å². The molecular weight excluding hydrogens is 412 g/mol. The van der Waals surface area contributed by atoms with Crippen LogP contribution in [0.3, 0.4) is 0 Å². The molecule has 0 bridgehead atoms. The van der Waals surface area contributed by atoms with Crippen molar-refractivity contribution in [1.29, 1.82) is 0 Å². The maximum atomic E-state index is 12.6. The molecule has 0 aromatic heterocycles. The smallest absolute Gasteiger partial charge is 0.338 e. The Morgan fingerprint density at radius 3 is 2.80 bits per heavy atom. The van der Waals surface area contributed by atoms with Crippen LogP contribution in [0.5, 0.6) is 0 Å². The lowest BCUT2D eigenvalue weighted by atomic mass is 10.2. The third kappa shape index (κ3) is 4.85. The molecule has 1 fully saturated rings. The van der Waals surface area contributed by atoms with E-state index in [0.717, 1.165) is 19.3 Å². The first-order valence-electron chi connectivity index (χ1n) is 9.43. The van der Waals surface area contributed by atoms with E-state index in [-0.39, 0.29) is 17.0 Å². The fourth-order valence-electron chi connectivity index (χ4n) is 3.19. The van der Waals surface area contributed by atoms with Crippen molar-refractivity contribution < 1.29 is 27.5 Å². The fourth-order valence-corrected chi connectivity index (χ4v) is 4.48. The van der Waals surface area contributed by atoms with Gasteiger partial charge in [-0.3, -0.25) is 10.1 Å². The van der Waals surface area contributed by atoms with E-state index in [1.807, 2.05) is 10.2 Å². The largest absolute Gasteiger partial charge is 0.452 e. The minimum Gasteiger partial charge on any atom is -0.452 e. The summed E-state index contributed by atoms with van der Waals surface area (Å²) in [6, 6.07) is 3.44.